The summed E-state index contributed by atoms with van der Waals surface area (Å²) in [4.78, 5) is 25.0. The molecule has 1 fully saturated rings. The van der Waals surface area contributed by atoms with Crippen LogP contribution < -0.4 is 9.04 Å². The molecule has 2 aromatic carbocycles. The number of methoxy groups -OCH3 is 1. The van der Waals surface area contributed by atoms with Crippen LogP contribution in [0, 0.1) is 17.0 Å². The highest BCUT2D eigenvalue weighted by molar-refractivity contribution is 7.92. The van der Waals surface area contributed by atoms with E-state index < -0.39 is 39.5 Å². The highest BCUT2D eigenvalue weighted by Gasteiger charge is 2.34. The van der Waals surface area contributed by atoms with Crippen LogP contribution in [-0.2, 0) is 14.8 Å². The number of aliphatic hydroxyl groups is 1. The Balaban J connectivity index is 2.00. The summed E-state index contributed by atoms with van der Waals surface area (Å²) in [6.45, 7) is 0.986. The third kappa shape index (κ3) is 5.31. The van der Waals surface area contributed by atoms with Crippen molar-refractivity contribution in [2.45, 2.75) is 49.6 Å². The third-order valence-electron chi connectivity index (χ3n) is 6.19. The van der Waals surface area contributed by atoms with Crippen LogP contribution in [0.2, 0.25) is 0 Å². The van der Waals surface area contributed by atoms with Crippen LogP contribution in [0.5, 0.6) is 5.75 Å². The zero-order valence-electron chi connectivity index (χ0n) is 19.4. The van der Waals surface area contributed by atoms with Crippen LogP contribution in [0.15, 0.2) is 47.4 Å². The van der Waals surface area contributed by atoms with E-state index in [4.69, 9.17) is 4.74 Å². The molecule has 1 aliphatic rings. The number of nitro benzene ring substituents is 1. The van der Waals surface area contributed by atoms with Crippen LogP contribution >= 0.6 is 0 Å². The minimum Gasteiger partial charge on any atom is -0.497 e. The lowest BCUT2D eigenvalue weighted by Gasteiger charge is -2.36. The van der Waals surface area contributed by atoms with Crippen molar-refractivity contribution >= 4 is 27.3 Å². The summed E-state index contributed by atoms with van der Waals surface area (Å²) in [5.41, 5.74) is 0.196. The third-order valence-corrected chi connectivity index (χ3v) is 7.96. The maximum atomic E-state index is 13.6. The van der Waals surface area contributed by atoms with Crippen LogP contribution in [-0.4, -0.2) is 62.1 Å². The van der Waals surface area contributed by atoms with E-state index in [0.29, 0.717) is 24.2 Å². The lowest BCUT2D eigenvalue weighted by Crippen LogP contribution is -2.50. The lowest BCUT2D eigenvalue weighted by molar-refractivity contribution is -0.385. The number of hydrogen-bond donors (Lipinski definition) is 1. The Labute approximate surface area is 198 Å². The molecule has 3 rings (SSSR count). The summed E-state index contributed by atoms with van der Waals surface area (Å²) < 4.78 is 33.3. The van der Waals surface area contributed by atoms with Crippen LogP contribution in [0.4, 0.5) is 11.4 Å². The number of hydrogen-bond acceptors (Lipinski definition) is 7. The van der Waals surface area contributed by atoms with E-state index in [1.807, 2.05) is 0 Å². The Morgan fingerprint density at radius 1 is 1.18 bits per heavy atom. The molecule has 0 aromatic heterocycles. The minimum absolute atomic E-state index is 0.204. The van der Waals surface area contributed by atoms with Crippen LogP contribution in [0.25, 0.3) is 0 Å². The number of nitrogens with zero attached hydrogens (tertiary/aromatic N) is 3. The first kappa shape index (κ1) is 25.4. The van der Waals surface area contributed by atoms with Crippen molar-refractivity contribution in [3.05, 3.63) is 58.1 Å². The van der Waals surface area contributed by atoms with Crippen molar-refractivity contribution < 1.29 is 28.0 Å². The Hall–Kier alpha value is -3.18. The van der Waals surface area contributed by atoms with Gasteiger partial charge in [-0.3, -0.25) is 19.2 Å². The second kappa shape index (κ2) is 10.4. The van der Waals surface area contributed by atoms with Gasteiger partial charge in [0.15, 0.2) is 0 Å². The number of nitro groups is 1. The molecular formula is C23H29N3O7S. The largest absolute Gasteiger partial charge is 0.497 e. The van der Waals surface area contributed by atoms with Gasteiger partial charge in [0.05, 0.1) is 34.8 Å². The van der Waals surface area contributed by atoms with Crippen molar-refractivity contribution in [2.75, 3.05) is 25.0 Å². The Bertz CT molecular complexity index is 1150. The molecule has 1 saturated carbocycles. The molecule has 2 aromatic rings. The van der Waals surface area contributed by atoms with Crippen LogP contribution in [0.3, 0.4) is 0 Å². The van der Waals surface area contributed by atoms with Gasteiger partial charge >= 0.3 is 0 Å². The average molecular weight is 492 g/mol. The van der Waals surface area contributed by atoms with Gasteiger partial charge in [0.2, 0.25) is 5.91 Å². The normalized spacial score (nSPS) is 18.2. The highest BCUT2D eigenvalue weighted by Crippen LogP contribution is 2.30. The fourth-order valence-electron chi connectivity index (χ4n) is 4.10. The Kier molecular flexibility index (Phi) is 7.78. The molecule has 0 aliphatic heterocycles. The maximum Gasteiger partial charge on any atom is 0.273 e. The lowest BCUT2D eigenvalue weighted by atomic mass is 9.91. The smallest absolute Gasteiger partial charge is 0.273 e. The predicted octanol–water partition coefficient (Wildman–Crippen LogP) is 2.87. The number of amides is 1. The molecule has 1 amide bonds. The van der Waals surface area contributed by atoms with Crippen molar-refractivity contribution in [2.24, 2.45) is 0 Å². The summed E-state index contributed by atoms with van der Waals surface area (Å²) in [6.07, 6.45) is 2.28. The predicted molar refractivity (Wildman–Crippen MR) is 126 cm³/mol. The fourth-order valence-corrected chi connectivity index (χ4v) is 5.53. The van der Waals surface area contributed by atoms with Gasteiger partial charge in [0.1, 0.15) is 12.3 Å². The van der Waals surface area contributed by atoms with Crippen molar-refractivity contribution in [1.29, 1.82) is 0 Å². The molecule has 34 heavy (non-hydrogen) atoms. The summed E-state index contributed by atoms with van der Waals surface area (Å²) >= 11 is 0. The van der Waals surface area contributed by atoms with Crippen LogP contribution in [0.1, 0.15) is 31.2 Å². The van der Waals surface area contributed by atoms with Crippen molar-refractivity contribution in [1.82, 2.24) is 4.90 Å². The Morgan fingerprint density at radius 3 is 2.41 bits per heavy atom. The second-order valence-electron chi connectivity index (χ2n) is 8.34. The SMILES string of the molecule is COc1ccc(N(CC(=O)N(C)C2CCCCC2O)S(=O)(=O)c2ccc(C)c([N+](=O)[O-])c2)cc1. The number of aryl methyl sites for hydroxylation is 1. The first-order valence-electron chi connectivity index (χ1n) is 10.9. The van der Waals surface area contributed by atoms with Gasteiger partial charge in [-0.2, -0.15) is 0 Å². The molecule has 1 aliphatic carbocycles. The molecule has 1 N–H and O–H groups in total. The van der Waals surface area contributed by atoms with Gasteiger partial charge in [0, 0.05) is 18.7 Å². The molecule has 0 radical (unpaired) electrons. The van der Waals surface area contributed by atoms with Gasteiger partial charge in [-0.25, -0.2) is 8.42 Å². The first-order chi connectivity index (χ1) is 16.1. The number of rotatable bonds is 8. The maximum absolute atomic E-state index is 13.6. The summed E-state index contributed by atoms with van der Waals surface area (Å²) in [5.74, 6) is 0.00722. The van der Waals surface area contributed by atoms with Gasteiger partial charge < -0.3 is 14.7 Å². The first-order valence-corrected chi connectivity index (χ1v) is 12.4. The molecule has 0 spiro atoms. The van der Waals surface area contributed by atoms with Gasteiger partial charge in [-0.05, 0) is 50.1 Å². The van der Waals surface area contributed by atoms with Gasteiger partial charge in [-0.15, -0.1) is 0 Å². The summed E-state index contributed by atoms with van der Waals surface area (Å²) in [6, 6.07) is 9.38. The molecule has 0 heterocycles. The van der Waals surface area contributed by atoms with E-state index in [0.717, 1.165) is 23.2 Å². The monoisotopic (exact) mass is 491 g/mol. The number of ether oxygens (including phenoxy) is 1. The zero-order valence-corrected chi connectivity index (χ0v) is 20.2. The topological polar surface area (TPSA) is 130 Å². The average Bonchev–Trinajstić information content (AvgIpc) is 2.82. The molecule has 184 valence electrons. The van der Waals surface area contributed by atoms with Crippen molar-refractivity contribution in [3.8, 4) is 5.75 Å². The number of anilines is 1. The molecule has 0 saturated heterocycles. The quantitative estimate of drug-likeness (QED) is 0.444. The minimum atomic E-state index is -4.34. The summed E-state index contributed by atoms with van der Waals surface area (Å²) in [5, 5.41) is 21.7. The van der Waals surface area contributed by atoms with E-state index in [-0.39, 0.29) is 16.3 Å². The number of carbonyl (C=O) groups is 1. The molecule has 2 unspecified atom stereocenters. The highest BCUT2D eigenvalue weighted by atomic mass is 32.2. The van der Waals surface area contributed by atoms with E-state index in [9.17, 15) is 28.4 Å². The molecule has 2 atom stereocenters. The summed E-state index contributed by atoms with van der Waals surface area (Å²) in [7, 11) is -1.31. The van der Waals surface area contributed by atoms with E-state index >= 15 is 0 Å². The molecule has 11 heteroatoms. The number of aliphatic hydroxyl groups excluding tert-OH is 1. The van der Waals surface area contributed by atoms with Gasteiger partial charge in [0.25, 0.3) is 15.7 Å². The molecule has 0 bridgehead atoms. The van der Waals surface area contributed by atoms with E-state index in [1.54, 1.807) is 19.2 Å². The number of sulfonamides is 1. The zero-order chi connectivity index (χ0) is 25.0. The number of carbonyl (C=O) groups excluding carboxylic acids is 1. The Morgan fingerprint density at radius 2 is 1.82 bits per heavy atom. The molecule has 10 nitrogen and oxygen atoms in total. The van der Waals surface area contributed by atoms with E-state index in [1.165, 1.54) is 43.2 Å². The number of likely N-dealkylation sites (N-methyl/N-ethyl adjacent to an activating group) is 1. The van der Waals surface area contributed by atoms with Gasteiger partial charge in [-0.1, -0.05) is 18.9 Å². The second-order valence-corrected chi connectivity index (χ2v) is 10.2. The standard InChI is InChI=1S/C23H29N3O7S/c1-16-8-13-19(14-21(16)26(29)30)34(31,32)25(17-9-11-18(33-3)12-10-17)15-23(28)24(2)20-6-4-5-7-22(20)27/h8-14,20,22,27H,4-7,15H2,1-3H3. The van der Waals surface area contributed by atoms with Crippen molar-refractivity contribution in [3.63, 3.8) is 0 Å². The van der Waals surface area contributed by atoms with E-state index in [2.05, 4.69) is 0 Å². The molecular weight excluding hydrogens is 462 g/mol. The number of benzene rings is 2. The fraction of sp³-hybridized carbons (Fsp3) is 0.435.